The smallest absolute Gasteiger partial charge is 0.277 e. The van der Waals surface area contributed by atoms with E-state index in [2.05, 4.69) is 20.9 Å². The minimum atomic E-state index is -0.258. The molecule has 0 spiro atoms. The van der Waals surface area contributed by atoms with Crippen molar-refractivity contribution in [2.24, 2.45) is 0 Å². The summed E-state index contributed by atoms with van der Waals surface area (Å²) in [5.41, 5.74) is 3.10. The summed E-state index contributed by atoms with van der Waals surface area (Å²) < 4.78 is 7.65. The Kier molecular flexibility index (Phi) is 5.86. The van der Waals surface area contributed by atoms with Gasteiger partial charge in [0.15, 0.2) is 5.69 Å². The first-order chi connectivity index (χ1) is 14.2. The fourth-order valence-corrected chi connectivity index (χ4v) is 3.42. The molecule has 1 aliphatic heterocycles. The zero-order valence-corrected chi connectivity index (χ0v) is 16.5. The molecule has 1 saturated heterocycles. The highest BCUT2D eigenvalue weighted by Gasteiger charge is 2.19. The quantitative estimate of drug-likeness (QED) is 0.674. The van der Waals surface area contributed by atoms with Gasteiger partial charge in [0.1, 0.15) is 12.4 Å². The SMILES string of the molecule is Cc1cc(OCc2ccccc2)ccc1NC(=O)c1cn(C2CCNCC2)nn1. The van der Waals surface area contributed by atoms with Gasteiger partial charge in [0.2, 0.25) is 0 Å². The van der Waals surface area contributed by atoms with Crippen LogP contribution in [0.15, 0.2) is 54.7 Å². The van der Waals surface area contributed by atoms with Crippen molar-refractivity contribution in [1.82, 2.24) is 20.3 Å². The van der Waals surface area contributed by atoms with Gasteiger partial charge in [0, 0.05) is 5.69 Å². The summed E-state index contributed by atoms with van der Waals surface area (Å²) in [6.45, 7) is 4.37. The van der Waals surface area contributed by atoms with Crippen LogP contribution in [0.25, 0.3) is 0 Å². The number of rotatable bonds is 6. The highest BCUT2D eigenvalue weighted by Crippen LogP contribution is 2.23. The lowest BCUT2D eigenvalue weighted by Crippen LogP contribution is -2.29. The average Bonchev–Trinajstić information content (AvgIpc) is 3.26. The molecule has 4 rings (SSSR count). The fourth-order valence-electron chi connectivity index (χ4n) is 3.42. The molecule has 0 saturated carbocycles. The standard InChI is InChI=1S/C22H25N5O2/c1-16-13-19(29-15-17-5-3-2-4-6-17)7-8-20(16)24-22(28)21-14-27(26-25-21)18-9-11-23-12-10-18/h2-8,13-14,18,23H,9-12,15H2,1H3,(H,24,28). The number of hydrogen-bond donors (Lipinski definition) is 2. The second-order valence-electron chi connectivity index (χ2n) is 7.27. The van der Waals surface area contributed by atoms with Crippen LogP contribution in [0.1, 0.15) is 40.5 Å². The van der Waals surface area contributed by atoms with Crippen LogP contribution >= 0.6 is 0 Å². The number of nitrogens with one attached hydrogen (secondary N) is 2. The monoisotopic (exact) mass is 391 g/mol. The van der Waals surface area contributed by atoms with Gasteiger partial charge in [-0.25, -0.2) is 4.68 Å². The van der Waals surface area contributed by atoms with E-state index in [-0.39, 0.29) is 5.91 Å². The Hall–Kier alpha value is -3.19. The van der Waals surface area contributed by atoms with Gasteiger partial charge in [-0.3, -0.25) is 4.79 Å². The molecular formula is C22H25N5O2. The van der Waals surface area contributed by atoms with E-state index in [9.17, 15) is 4.79 Å². The highest BCUT2D eigenvalue weighted by atomic mass is 16.5. The molecule has 7 nitrogen and oxygen atoms in total. The van der Waals surface area contributed by atoms with E-state index in [4.69, 9.17) is 4.74 Å². The minimum Gasteiger partial charge on any atom is -0.489 e. The number of aryl methyl sites for hydroxylation is 1. The van der Waals surface area contributed by atoms with Gasteiger partial charge in [-0.1, -0.05) is 35.5 Å². The van der Waals surface area contributed by atoms with Gasteiger partial charge in [0.05, 0.1) is 12.2 Å². The molecule has 0 radical (unpaired) electrons. The highest BCUT2D eigenvalue weighted by molar-refractivity contribution is 6.03. The molecule has 7 heteroatoms. The predicted molar refractivity (Wildman–Crippen MR) is 111 cm³/mol. The number of carbonyl (C=O) groups is 1. The van der Waals surface area contributed by atoms with E-state index in [0.717, 1.165) is 48.5 Å². The summed E-state index contributed by atoms with van der Waals surface area (Å²) in [6, 6.07) is 15.9. The average molecular weight is 391 g/mol. The van der Waals surface area contributed by atoms with Crippen molar-refractivity contribution < 1.29 is 9.53 Å². The van der Waals surface area contributed by atoms with Crippen LogP contribution in [0.4, 0.5) is 5.69 Å². The molecule has 0 aliphatic carbocycles. The summed E-state index contributed by atoms with van der Waals surface area (Å²) in [5.74, 6) is 0.507. The Bertz CT molecular complexity index is 964. The molecule has 1 fully saturated rings. The van der Waals surface area contributed by atoms with Gasteiger partial charge in [-0.05, 0) is 62.2 Å². The summed E-state index contributed by atoms with van der Waals surface area (Å²) in [5, 5.41) is 14.4. The molecule has 0 unspecified atom stereocenters. The van der Waals surface area contributed by atoms with Crippen molar-refractivity contribution in [2.45, 2.75) is 32.4 Å². The number of benzene rings is 2. The maximum atomic E-state index is 12.6. The first kappa shape index (κ1) is 19.1. The lowest BCUT2D eigenvalue weighted by atomic mass is 10.1. The number of piperidine rings is 1. The Morgan fingerprint density at radius 2 is 2.00 bits per heavy atom. The molecule has 3 aromatic rings. The first-order valence-corrected chi connectivity index (χ1v) is 9.90. The molecule has 2 aromatic carbocycles. The van der Waals surface area contributed by atoms with Crippen molar-refractivity contribution in [3.63, 3.8) is 0 Å². The zero-order valence-electron chi connectivity index (χ0n) is 16.5. The number of anilines is 1. The Labute approximate surface area is 170 Å². The Morgan fingerprint density at radius 3 is 2.76 bits per heavy atom. The second kappa shape index (κ2) is 8.87. The molecule has 2 N–H and O–H groups in total. The third kappa shape index (κ3) is 4.81. The van der Waals surface area contributed by atoms with E-state index in [1.165, 1.54) is 0 Å². The molecule has 1 aliphatic rings. The summed E-state index contributed by atoms with van der Waals surface area (Å²) in [4.78, 5) is 12.6. The molecule has 0 bridgehead atoms. The van der Waals surface area contributed by atoms with Crippen LogP contribution in [-0.2, 0) is 6.61 Å². The summed E-state index contributed by atoms with van der Waals surface area (Å²) in [7, 11) is 0. The van der Waals surface area contributed by atoms with E-state index >= 15 is 0 Å². The van der Waals surface area contributed by atoms with E-state index in [1.807, 2.05) is 60.1 Å². The zero-order chi connectivity index (χ0) is 20.1. The lowest BCUT2D eigenvalue weighted by molar-refractivity contribution is 0.102. The van der Waals surface area contributed by atoms with E-state index in [0.29, 0.717) is 18.3 Å². The Morgan fingerprint density at radius 1 is 1.21 bits per heavy atom. The number of hydrogen-bond acceptors (Lipinski definition) is 5. The topological polar surface area (TPSA) is 81.1 Å². The van der Waals surface area contributed by atoms with Crippen LogP contribution in [0, 0.1) is 6.92 Å². The summed E-state index contributed by atoms with van der Waals surface area (Å²) >= 11 is 0. The number of nitrogens with zero attached hydrogens (tertiary/aromatic N) is 3. The van der Waals surface area contributed by atoms with Crippen LogP contribution in [0.5, 0.6) is 5.75 Å². The predicted octanol–water partition coefficient (Wildman–Crippen LogP) is 3.34. The van der Waals surface area contributed by atoms with E-state index in [1.54, 1.807) is 6.20 Å². The van der Waals surface area contributed by atoms with Crippen molar-refractivity contribution in [1.29, 1.82) is 0 Å². The van der Waals surface area contributed by atoms with Crippen molar-refractivity contribution >= 4 is 11.6 Å². The molecular weight excluding hydrogens is 366 g/mol. The number of ether oxygens (including phenoxy) is 1. The number of aromatic nitrogens is 3. The van der Waals surface area contributed by atoms with Crippen molar-refractivity contribution in [2.75, 3.05) is 18.4 Å². The van der Waals surface area contributed by atoms with Crippen LogP contribution in [0.3, 0.4) is 0 Å². The maximum Gasteiger partial charge on any atom is 0.277 e. The molecule has 0 atom stereocenters. The van der Waals surface area contributed by atoms with E-state index < -0.39 is 0 Å². The van der Waals surface area contributed by atoms with Gasteiger partial charge in [-0.2, -0.15) is 0 Å². The lowest BCUT2D eigenvalue weighted by Gasteiger charge is -2.22. The van der Waals surface area contributed by atoms with Crippen molar-refractivity contribution in [3.05, 3.63) is 71.5 Å². The van der Waals surface area contributed by atoms with Crippen LogP contribution in [0.2, 0.25) is 0 Å². The number of amides is 1. The molecule has 2 heterocycles. The molecule has 150 valence electrons. The first-order valence-electron chi connectivity index (χ1n) is 9.90. The number of carbonyl (C=O) groups excluding carboxylic acids is 1. The minimum absolute atomic E-state index is 0.258. The van der Waals surface area contributed by atoms with Gasteiger partial charge < -0.3 is 15.4 Å². The normalized spacial score (nSPS) is 14.5. The molecule has 1 aromatic heterocycles. The third-order valence-electron chi connectivity index (χ3n) is 5.12. The van der Waals surface area contributed by atoms with Gasteiger partial charge in [-0.15, -0.1) is 5.10 Å². The largest absolute Gasteiger partial charge is 0.489 e. The molecule has 29 heavy (non-hydrogen) atoms. The van der Waals surface area contributed by atoms with Crippen LogP contribution in [-0.4, -0.2) is 34.0 Å². The van der Waals surface area contributed by atoms with Gasteiger partial charge in [0.25, 0.3) is 5.91 Å². The van der Waals surface area contributed by atoms with Crippen LogP contribution < -0.4 is 15.4 Å². The van der Waals surface area contributed by atoms with Crippen molar-refractivity contribution in [3.8, 4) is 5.75 Å². The Balaban J connectivity index is 1.37. The maximum absolute atomic E-state index is 12.6. The molecule has 1 amide bonds. The van der Waals surface area contributed by atoms with Gasteiger partial charge >= 0.3 is 0 Å². The second-order valence-corrected chi connectivity index (χ2v) is 7.27. The summed E-state index contributed by atoms with van der Waals surface area (Å²) in [6.07, 6.45) is 3.72. The third-order valence-corrected chi connectivity index (χ3v) is 5.12. The fraction of sp³-hybridized carbons (Fsp3) is 0.318.